The summed E-state index contributed by atoms with van der Waals surface area (Å²) in [5.74, 6) is 0. The van der Waals surface area contributed by atoms with Crippen molar-refractivity contribution in [2.45, 2.75) is 21.7 Å². The number of benzene rings is 1. The Hall–Kier alpha value is -1.51. The molecule has 0 aliphatic heterocycles. The van der Waals surface area contributed by atoms with Crippen LogP contribution in [0.4, 0.5) is 5.69 Å². The van der Waals surface area contributed by atoms with Crippen LogP contribution in [0.3, 0.4) is 0 Å². The summed E-state index contributed by atoms with van der Waals surface area (Å²) in [5, 5.41) is 10.2. The highest BCUT2D eigenvalue weighted by atomic mass is 32.2. The van der Waals surface area contributed by atoms with Gasteiger partial charge in [0, 0.05) is 17.6 Å². The van der Waals surface area contributed by atoms with Crippen molar-refractivity contribution in [3.8, 4) is 0 Å². The van der Waals surface area contributed by atoms with Crippen molar-refractivity contribution >= 4 is 27.5 Å². The lowest BCUT2D eigenvalue weighted by Crippen LogP contribution is -2.12. The normalized spacial score (nSPS) is 11.7. The van der Waals surface area contributed by atoms with Crippen molar-refractivity contribution in [3.05, 3.63) is 30.0 Å². The molecule has 0 unspecified atom stereocenters. The number of aryl methyl sites for hydroxylation is 2. The van der Waals surface area contributed by atoms with Gasteiger partial charge in [-0.15, -0.1) is 0 Å². The Kier molecular flexibility index (Phi) is 3.57. The van der Waals surface area contributed by atoms with E-state index in [2.05, 4.69) is 5.10 Å². The number of nitrogen functional groups attached to an aromatic ring is 1. The zero-order chi connectivity index (χ0) is 14.2. The fraction of sp³-hybridized carbons (Fsp3) is 0.182. The third kappa shape index (κ3) is 3.09. The third-order valence-electron chi connectivity index (χ3n) is 2.49. The molecule has 0 aliphatic carbocycles. The van der Waals surface area contributed by atoms with Gasteiger partial charge in [-0.25, -0.2) is 13.6 Å². The van der Waals surface area contributed by atoms with Crippen molar-refractivity contribution in [2.24, 2.45) is 12.2 Å². The maximum atomic E-state index is 11.3. The third-order valence-corrected chi connectivity index (χ3v) is 4.56. The Morgan fingerprint density at radius 3 is 2.53 bits per heavy atom. The van der Waals surface area contributed by atoms with Crippen LogP contribution in [0.2, 0.25) is 0 Å². The van der Waals surface area contributed by atoms with Crippen LogP contribution >= 0.6 is 11.8 Å². The molecular weight excluding hydrogens is 284 g/mol. The van der Waals surface area contributed by atoms with Crippen LogP contribution in [-0.2, 0) is 17.1 Å². The van der Waals surface area contributed by atoms with Gasteiger partial charge in [-0.2, -0.15) is 5.10 Å². The molecule has 19 heavy (non-hydrogen) atoms. The summed E-state index contributed by atoms with van der Waals surface area (Å²) in [6.07, 6.45) is 0. The van der Waals surface area contributed by atoms with E-state index in [4.69, 9.17) is 10.9 Å². The summed E-state index contributed by atoms with van der Waals surface area (Å²) in [4.78, 5) is 0.678. The highest BCUT2D eigenvalue weighted by Gasteiger charge is 2.12. The van der Waals surface area contributed by atoms with E-state index in [9.17, 15) is 8.42 Å². The summed E-state index contributed by atoms with van der Waals surface area (Å²) >= 11 is 1.35. The van der Waals surface area contributed by atoms with Crippen molar-refractivity contribution in [1.29, 1.82) is 0 Å². The van der Waals surface area contributed by atoms with E-state index in [0.29, 0.717) is 10.6 Å². The standard InChI is InChI=1S/C11H14N4O2S2/c1-7-5-11(15(2)14-7)18-10-6-8(19(13,16)17)3-4-9(10)12/h3-6H,12H2,1-2H3,(H2,13,16,17). The molecule has 1 aromatic carbocycles. The quantitative estimate of drug-likeness (QED) is 0.826. The molecule has 2 aromatic rings. The molecule has 102 valence electrons. The van der Waals surface area contributed by atoms with Gasteiger partial charge in [0.05, 0.1) is 15.6 Å². The smallest absolute Gasteiger partial charge is 0.238 e. The summed E-state index contributed by atoms with van der Waals surface area (Å²) in [7, 11) is -1.92. The number of sulfonamides is 1. The second-order valence-electron chi connectivity index (χ2n) is 4.09. The zero-order valence-electron chi connectivity index (χ0n) is 10.5. The van der Waals surface area contributed by atoms with E-state index in [1.807, 2.05) is 20.0 Å². The summed E-state index contributed by atoms with van der Waals surface area (Å²) in [5.41, 5.74) is 7.23. The number of nitrogens with two attached hydrogens (primary N) is 2. The number of nitrogens with zero attached hydrogens (tertiary/aromatic N) is 2. The van der Waals surface area contributed by atoms with E-state index in [1.54, 1.807) is 4.68 Å². The molecule has 0 saturated heterocycles. The number of anilines is 1. The van der Waals surface area contributed by atoms with E-state index >= 15 is 0 Å². The molecule has 2 rings (SSSR count). The number of hydrogen-bond donors (Lipinski definition) is 2. The SMILES string of the molecule is Cc1cc(Sc2cc(S(N)(=O)=O)ccc2N)n(C)n1. The maximum Gasteiger partial charge on any atom is 0.238 e. The first kappa shape index (κ1) is 13.9. The lowest BCUT2D eigenvalue weighted by atomic mass is 10.3. The van der Waals surface area contributed by atoms with E-state index < -0.39 is 10.0 Å². The average Bonchev–Trinajstić information content (AvgIpc) is 2.59. The van der Waals surface area contributed by atoms with Gasteiger partial charge in [-0.05, 0) is 31.2 Å². The molecule has 1 heterocycles. The number of aromatic nitrogens is 2. The molecule has 0 fully saturated rings. The van der Waals surface area contributed by atoms with Crippen LogP contribution in [0, 0.1) is 6.92 Å². The van der Waals surface area contributed by atoms with Crippen LogP contribution in [0.25, 0.3) is 0 Å². The maximum absolute atomic E-state index is 11.3. The number of rotatable bonds is 3. The first-order valence-electron chi connectivity index (χ1n) is 5.38. The first-order valence-corrected chi connectivity index (χ1v) is 7.74. The van der Waals surface area contributed by atoms with Gasteiger partial charge in [0.25, 0.3) is 0 Å². The van der Waals surface area contributed by atoms with Gasteiger partial charge in [0.15, 0.2) is 0 Å². The van der Waals surface area contributed by atoms with Crippen molar-refractivity contribution < 1.29 is 8.42 Å². The molecule has 6 nitrogen and oxygen atoms in total. The Bertz CT molecular complexity index is 722. The molecule has 4 N–H and O–H groups in total. The minimum Gasteiger partial charge on any atom is -0.398 e. The molecule has 0 atom stereocenters. The van der Waals surface area contributed by atoms with Gasteiger partial charge in [0.1, 0.15) is 0 Å². The number of hydrogen-bond acceptors (Lipinski definition) is 5. The van der Waals surface area contributed by atoms with Gasteiger partial charge >= 0.3 is 0 Å². The Morgan fingerprint density at radius 1 is 1.32 bits per heavy atom. The van der Waals surface area contributed by atoms with Crippen LogP contribution < -0.4 is 10.9 Å². The fourth-order valence-electron chi connectivity index (χ4n) is 1.58. The van der Waals surface area contributed by atoms with Crippen LogP contribution in [0.15, 0.2) is 39.1 Å². The van der Waals surface area contributed by atoms with E-state index in [1.165, 1.54) is 30.0 Å². The summed E-state index contributed by atoms with van der Waals surface area (Å²) in [6, 6.07) is 6.29. The highest BCUT2D eigenvalue weighted by Crippen LogP contribution is 2.33. The topological polar surface area (TPSA) is 104 Å². The highest BCUT2D eigenvalue weighted by molar-refractivity contribution is 7.99. The Morgan fingerprint density at radius 2 is 2.00 bits per heavy atom. The monoisotopic (exact) mass is 298 g/mol. The molecule has 0 amide bonds. The second kappa shape index (κ2) is 4.87. The molecule has 8 heteroatoms. The predicted molar refractivity (Wildman–Crippen MR) is 74.3 cm³/mol. The minimum absolute atomic E-state index is 0.0445. The van der Waals surface area contributed by atoms with Gasteiger partial charge in [-0.1, -0.05) is 11.8 Å². The van der Waals surface area contributed by atoms with Gasteiger partial charge in [0.2, 0.25) is 10.0 Å². The van der Waals surface area contributed by atoms with Gasteiger partial charge in [-0.3, -0.25) is 4.68 Å². The summed E-state index contributed by atoms with van der Waals surface area (Å²) in [6.45, 7) is 1.88. The zero-order valence-corrected chi connectivity index (χ0v) is 12.1. The Labute approximate surface area is 115 Å². The van der Waals surface area contributed by atoms with Crippen molar-refractivity contribution in [2.75, 3.05) is 5.73 Å². The molecule has 0 saturated carbocycles. The molecule has 1 aromatic heterocycles. The molecule has 0 radical (unpaired) electrons. The average molecular weight is 298 g/mol. The van der Waals surface area contributed by atoms with Crippen LogP contribution in [0.5, 0.6) is 0 Å². The molecule has 0 spiro atoms. The molecule has 0 bridgehead atoms. The fourth-order valence-corrected chi connectivity index (χ4v) is 3.19. The van der Waals surface area contributed by atoms with E-state index in [0.717, 1.165) is 10.7 Å². The van der Waals surface area contributed by atoms with Crippen molar-refractivity contribution in [1.82, 2.24) is 9.78 Å². The second-order valence-corrected chi connectivity index (χ2v) is 6.72. The minimum atomic E-state index is -3.73. The van der Waals surface area contributed by atoms with Gasteiger partial charge < -0.3 is 5.73 Å². The molecular formula is C11H14N4O2S2. The lowest BCUT2D eigenvalue weighted by molar-refractivity contribution is 0.597. The van der Waals surface area contributed by atoms with Crippen LogP contribution in [0.1, 0.15) is 5.69 Å². The Balaban J connectivity index is 2.42. The van der Waals surface area contributed by atoms with Crippen molar-refractivity contribution in [3.63, 3.8) is 0 Å². The largest absolute Gasteiger partial charge is 0.398 e. The summed E-state index contributed by atoms with van der Waals surface area (Å²) < 4.78 is 24.4. The predicted octanol–water partition coefficient (Wildman–Crippen LogP) is 1.11. The molecule has 0 aliphatic rings. The first-order chi connectivity index (χ1) is 8.77. The number of primary sulfonamides is 1. The lowest BCUT2D eigenvalue weighted by Gasteiger charge is -2.07. The van der Waals surface area contributed by atoms with E-state index in [-0.39, 0.29) is 4.90 Å². The van der Waals surface area contributed by atoms with Crippen LogP contribution in [-0.4, -0.2) is 18.2 Å².